The molecule has 1 saturated heterocycles. The summed E-state index contributed by atoms with van der Waals surface area (Å²) in [5, 5.41) is 3.99. The number of anilines is 1. The number of pyridine rings is 1. The van der Waals surface area contributed by atoms with Crippen molar-refractivity contribution in [3.8, 4) is 0 Å². The Labute approximate surface area is 112 Å². The highest BCUT2D eigenvalue weighted by Crippen LogP contribution is 2.23. The third-order valence-corrected chi connectivity index (χ3v) is 3.53. The zero-order valence-electron chi connectivity index (χ0n) is 11.1. The van der Waals surface area contributed by atoms with E-state index in [9.17, 15) is 0 Å². The summed E-state index contributed by atoms with van der Waals surface area (Å²) < 4.78 is 5.03. The molecule has 0 unspecified atom stereocenters. The number of piperidine rings is 1. The maximum Gasteiger partial charge on any atom is 0.223 e. The summed E-state index contributed by atoms with van der Waals surface area (Å²) in [7, 11) is 0. The molecule has 0 bridgehead atoms. The van der Waals surface area contributed by atoms with Gasteiger partial charge in [0.1, 0.15) is 5.82 Å². The highest BCUT2D eigenvalue weighted by molar-refractivity contribution is 5.38. The zero-order chi connectivity index (χ0) is 13.1. The van der Waals surface area contributed by atoms with E-state index in [2.05, 4.69) is 26.1 Å². The normalized spacial score (nSPS) is 19.6. The largest absolute Gasteiger partial charge is 0.356 e. The van der Waals surface area contributed by atoms with E-state index in [1.54, 1.807) is 0 Å². The number of aryl methyl sites for hydroxylation is 1. The molecule has 19 heavy (non-hydrogen) atoms. The van der Waals surface area contributed by atoms with Gasteiger partial charge in [-0.15, -0.1) is 0 Å². The molecule has 0 aromatic carbocycles. The van der Waals surface area contributed by atoms with E-state index in [1.807, 2.05) is 25.3 Å². The fourth-order valence-electron chi connectivity index (χ4n) is 2.66. The summed E-state index contributed by atoms with van der Waals surface area (Å²) in [5.41, 5.74) is 0. The van der Waals surface area contributed by atoms with E-state index < -0.39 is 0 Å². The minimum Gasteiger partial charge on any atom is -0.356 e. The molecule has 0 radical (unpaired) electrons. The molecular weight excluding hydrogens is 240 g/mol. The summed E-state index contributed by atoms with van der Waals surface area (Å²) in [5.74, 6) is 3.11. The fraction of sp³-hybridized carbons (Fsp3) is 0.500. The van der Waals surface area contributed by atoms with Crippen molar-refractivity contribution < 1.29 is 4.52 Å². The first-order valence-electron chi connectivity index (χ1n) is 6.76. The van der Waals surface area contributed by atoms with Crippen LogP contribution in [0.15, 0.2) is 28.9 Å². The molecule has 1 aliphatic rings. The van der Waals surface area contributed by atoms with Crippen LogP contribution in [0.2, 0.25) is 0 Å². The van der Waals surface area contributed by atoms with Gasteiger partial charge in [-0.2, -0.15) is 4.98 Å². The van der Waals surface area contributed by atoms with Gasteiger partial charge in [-0.05, 0) is 30.9 Å². The van der Waals surface area contributed by atoms with E-state index in [1.165, 1.54) is 12.8 Å². The Morgan fingerprint density at radius 1 is 1.42 bits per heavy atom. The second kappa shape index (κ2) is 5.38. The fourth-order valence-corrected chi connectivity index (χ4v) is 2.66. The van der Waals surface area contributed by atoms with Crippen molar-refractivity contribution in [1.82, 2.24) is 15.1 Å². The molecule has 0 amide bonds. The van der Waals surface area contributed by atoms with E-state index >= 15 is 0 Å². The van der Waals surface area contributed by atoms with Crippen LogP contribution in [0.1, 0.15) is 24.6 Å². The molecule has 2 aromatic heterocycles. The zero-order valence-corrected chi connectivity index (χ0v) is 11.1. The van der Waals surface area contributed by atoms with Gasteiger partial charge in [0.25, 0.3) is 0 Å². The Morgan fingerprint density at radius 3 is 3.11 bits per heavy atom. The summed E-state index contributed by atoms with van der Waals surface area (Å²) in [4.78, 5) is 11.1. The van der Waals surface area contributed by atoms with E-state index in [4.69, 9.17) is 4.52 Å². The van der Waals surface area contributed by atoms with E-state index in [0.29, 0.717) is 11.8 Å². The van der Waals surface area contributed by atoms with Crippen LogP contribution in [0.4, 0.5) is 5.82 Å². The van der Waals surface area contributed by atoms with Crippen molar-refractivity contribution in [2.45, 2.75) is 26.2 Å². The second-order valence-corrected chi connectivity index (χ2v) is 5.08. The lowest BCUT2D eigenvalue weighted by molar-refractivity contribution is 0.369. The average Bonchev–Trinajstić information content (AvgIpc) is 2.85. The first-order chi connectivity index (χ1) is 9.31. The smallest absolute Gasteiger partial charge is 0.223 e. The first kappa shape index (κ1) is 12.1. The van der Waals surface area contributed by atoms with Crippen molar-refractivity contribution in [2.75, 3.05) is 18.0 Å². The molecule has 100 valence electrons. The van der Waals surface area contributed by atoms with Gasteiger partial charge in [-0.25, -0.2) is 4.98 Å². The Morgan fingerprint density at radius 2 is 2.37 bits per heavy atom. The van der Waals surface area contributed by atoms with Crippen molar-refractivity contribution >= 4 is 5.82 Å². The molecule has 1 atom stereocenters. The van der Waals surface area contributed by atoms with Gasteiger partial charge >= 0.3 is 0 Å². The quantitative estimate of drug-likeness (QED) is 0.845. The van der Waals surface area contributed by atoms with Crippen LogP contribution in [0.25, 0.3) is 0 Å². The van der Waals surface area contributed by atoms with Crippen LogP contribution in [-0.2, 0) is 6.42 Å². The summed E-state index contributed by atoms with van der Waals surface area (Å²) in [6, 6.07) is 6.06. The molecule has 5 nitrogen and oxygen atoms in total. The molecule has 3 heterocycles. The maximum atomic E-state index is 5.03. The Hall–Kier alpha value is -1.91. The molecular formula is C14H18N4O. The molecule has 5 heteroatoms. The van der Waals surface area contributed by atoms with Gasteiger partial charge in [0, 0.05) is 32.6 Å². The van der Waals surface area contributed by atoms with E-state index in [0.717, 1.165) is 31.2 Å². The maximum absolute atomic E-state index is 5.03. The SMILES string of the molecule is Cc1nc(C[C@H]2CCCN(c3ccccn3)C2)no1. The minimum absolute atomic E-state index is 0.577. The third-order valence-electron chi connectivity index (χ3n) is 3.53. The van der Waals surface area contributed by atoms with Crippen LogP contribution in [-0.4, -0.2) is 28.2 Å². The second-order valence-electron chi connectivity index (χ2n) is 5.08. The van der Waals surface area contributed by atoms with Crippen LogP contribution < -0.4 is 4.90 Å². The molecule has 1 aliphatic heterocycles. The van der Waals surface area contributed by atoms with E-state index in [-0.39, 0.29) is 0 Å². The number of rotatable bonds is 3. The molecule has 0 saturated carbocycles. The monoisotopic (exact) mass is 258 g/mol. The summed E-state index contributed by atoms with van der Waals surface area (Å²) in [6.45, 7) is 3.93. The van der Waals surface area contributed by atoms with Gasteiger partial charge in [-0.1, -0.05) is 11.2 Å². The lowest BCUT2D eigenvalue weighted by Gasteiger charge is -2.33. The highest BCUT2D eigenvalue weighted by Gasteiger charge is 2.22. The minimum atomic E-state index is 0.577. The molecule has 3 rings (SSSR count). The van der Waals surface area contributed by atoms with Crippen LogP contribution in [0.3, 0.4) is 0 Å². The van der Waals surface area contributed by atoms with Crippen molar-refractivity contribution in [2.24, 2.45) is 5.92 Å². The molecule has 1 fully saturated rings. The predicted molar refractivity (Wildman–Crippen MR) is 71.9 cm³/mol. The van der Waals surface area contributed by atoms with Gasteiger partial charge in [0.2, 0.25) is 5.89 Å². The van der Waals surface area contributed by atoms with Gasteiger partial charge in [0.05, 0.1) is 0 Å². The summed E-state index contributed by atoms with van der Waals surface area (Å²) >= 11 is 0. The number of nitrogens with zero attached hydrogens (tertiary/aromatic N) is 4. The first-order valence-corrected chi connectivity index (χ1v) is 6.76. The standard InChI is InChI=1S/C14H18N4O/c1-11-16-13(17-19-11)9-12-5-4-8-18(10-12)14-6-2-3-7-15-14/h2-3,6-7,12H,4-5,8-10H2,1H3/t12-/m1/s1. The molecule has 0 aliphatic carbocycles. The van der Waals surface area contributed by atoms with Crippen LogP contribution in [0, 0.1) is 12.8 Å². The molecule has 0 N–H and O–H groups in total. The van der Waals surface area contributed by atoms with Crippen molar-refractivity contribution in [3.63, 3.8) is 0 Å². The molecule has 2 aromatic rings. The number of aromatic nitrogens is 3. The third kappa shape index (κ3) is 2.92. The van der Waals surface area contributed by atoms with Gasteiger partial charge in [-0.3, -0.25) is 0 Å². The lowest BCUT2D eigenvalue weighted by Crippen LogP contribution is -2.36. The lowest BCUT2D eigenvalue weighted by atomic mass is 9.94. The Kier molecular flexibility index (Phi) is 3.44. The topological polar surface area (TPSA) is 55.1 Å². The number of hydrogen-bond donors (Lipinski definition) is 0. The van der Waals surface area contributed by atoms with Crippen molar-refractivity contribution in [1.29, 1.82) is 0 Å². The average molecular weight is 258 g/mol. The van der Waals surface area contributed by atoms with Gasteiger partial charge in [0.15, 0.2) is 5.82 Å². The van der Waals surface area contributed by atoms with Crippen LogP contribution >= 0.6 is 0 Å². The van der Waals surface area contributed by atoms with Gasteiger partial charge < -0.3 is 9.42 Å². The Balaban J connectivity index is 1.65. The molecule has 0 spiro atoms. The Bertz CT molecular complexity index is 525. The highest BCUT2D eigenvalue weighted by atomic mass is 16.5. The number of hydrogen-bond acceptors (Lipinski definition) is 5. The van der Waals surface area contributed by atoms with Crippen molar-refractivity contribution in [3.05, 3.63) is 36.1 Å². The van der Waals surface area contributed by atoms with Crippen LogP contribution in [0.5, 0.6) is 0 Å². The predicted octanol–water partition coefficient (Wildman–Crippen LogP) is 2.23. The summed E-state index contributed by atoms with van der Waals surface area (Å²) in [6.07, 6.45) is 5.15.